The topological polar surface area (TPSA) is 55.6 Å². The molecule has 1 aliphatic carbocycles. The van der Waals surface area contributed by atoms with E-state index in [4.69, 9.17) is 10.5 Å². The Kier molecular flexibility index (Phi) is 4.60. The average molecular weight is 330 g/mol. The van der Waals surface area contributed by atoms with Crippen LogP contribution in [-0.4, -0.2) is 37.6 Å². The van der Waals surface area contributed by atoms with Crippen LogP contribution in [0.3, 0.4) is 0 Å². The molecule has 0 spiro atoms. The molecule has 2 aliphatic rings. The minimum Gasteiger partial charge on any atom is -0.496 e. The number of methoxy groups -OCH3 is 1. The number of rotatable bonds is 4. The van der Waals surface area contributed by atoms with Crippen molar-refractivity contribution in [2.75, 3.05) is 26.7 Å². The summed E-state index contributed by atoms with van der Waals surface area (Å²) in [5.74, 6) is 1.17. The molecule has 1 saturated carbocycles. The fraction of sp³-hybridized carbons (Fsp3) is 0.650. The van der Waals surface area contributed by atoms with Crippen molar-refractivity contribution in [3.63, 3.8) is 0 Å². The largest absolute Gasteiger partial charge is 0.496 e. The van der Waals surface area contributed by atoms with Gasteiger partial charge in [0, 0.05) is 13.1 Å². The maximum atomic E-state index is 13.5. The van der Waals surface area contributed by atoms with E-state index in [1.54, 1.807) is 7.11 Å². The minimum absolute atomic E-state index is 0.0699. The third-order valence-electron chi connectivity index (χ3n) is 6.17. The molecule has 1 unspecified atom stereocenters. The number of ether oxygens (including phenoxy) is 1. The van der Waals surface area contributed by atoms with Crippen LogP contribution in [0, 0.1) is 12.3 Å². The number of hydrogen-bond acceptors (Lipinski definition) is 3. The number of nitrogens with two attached hydrogens (primary N) is 1. The first-order valence-electron chi connectivity index (χ1n) is 9.09. The quantitative estimate of drug-likeness (QED) is 0.923. The number of likely N-dealkylation sites (tertiary alicyclic amines) is 1. The van der Waals surface area contributed by atoms with Crippen LogP contribution < -0.4 is 10.5 Å². The Balaban J connectivity index is 1.93. The summed E-state index contributed by atoms with van der Waals surface area (Å²) in [4.78, 5) is 15.6. The maximum absolute atomic E-state index is 13.5. The summed E-state index contributed by atoms with van der Waals surface area (Å²) in [6, 6.07) is 6.28. The molecule has 1 heterocycles. The second-order valence-corrected chi connectivity index (χ2v) is 7.97. The maximum Gasteiger partial charge on any atom is 0.233 e. The Hall–Kier alpha value is -1.55. The first-order valence-corrected chi connectivity index (χ1v) is 9.09. The standard InChI is InChI=1S/C20H30N2O2/c1-15-6-7-16(12-17(15)24-3)20(8-4-5-9-20)18(23)22-11-10-19(2,13-21)14-22/h6-7,12H,4-5,8-11,13-14,21H2,1-3H3. The van der Waals surface area contributed by atoms with E-state index in [2.05, 4.69) is 30.0 Å². The Labute approximate surface area is 145 Å². The molecular formula is C20H30N2O2. The lowest BCUT2D eigenvalue weighted by atomic mass is 9.77. The molecule has 1 aromatic carbocycles. The molecule has 1 aliphatic heterocycles. The third kappa shape index (κ3) is 2.81. The molecule has 1 aromatic rings. The lowest BCUT2D eigenvalue weighted by molar-refractivity contribution is -0.136. The molecule has 3 rings (SSSR count). The van der Waals surface area contributed by atoms with Gasteiger partial charge < -0.3 is 15.4 Å². The van der Waals surface area contributed by atoms with Crippen LogP contribution in [0.25, 0.3) is 0 Å². The number of carbonyl (C=O) groups is 1. The van der Waals surface area contributed by atoms with Crippen LogP contribution in [0.2, 0.25) is 0 Å². The molecule has 4 nitrogen and oxygen atoms in total. The van der Waals surface area contributed by atoms with Crippen molar-refractivity contribution in [2.45, 2.75) is 51.4 Å². The number of hydrogen-bond donors (Lipinski definition) is 1. The molecule has 1 atom stereocenters. The SMILES string of the molecule is COc1cc(C2(C(=O)N3CCC(C)(CN)C3)CCCC2)ccc1C. The number of benzene rings is 1. The van der Waals surface area contributed by atoms with Crippen LogP contribution in [0.4, 0.5) is 0 Å². The number of amides is 1. The van der Waals surface area contributed by atoms with Crippen molar-refractivity contribution in [3.8, 4) is 5.75 Å². The van der Waals surface area contributed by atoms with Crippen molar-refractivity contribution < 1.29 is 9.53 Å². The minimum atomic E-state index is -0.374. The molecule has 4 heteroatoms. The van der Waals surface area contributed by atoms with E-state index < -0.39 is 0 Å². The number of carbonyl (C=O) groups excluding carboxylic acids is 1. The number of aryl methyl sites for hydroxylation is 1. The van der Waals surface area contributed by atoms with Crippen LogP contribution >= 0.6 is 0 Å². The first kappa shape index (κ1) is 17.3. The van der Waals surface area contributed by atoms with Gasteiger partial charge in [0.25, 0.3) is 0 Å². The van der Waals surface area contributed by atoms with E-state index in [0.717, 1.165) is 62.1 Å². The highest BCUT2D eigenvalue weighted by Gasteiger charge is 2.47. The summed E-state index contributed by atoms with van der Waals surface area (Å²) in [6.07, 6.45) is 5.11. The summed E-state index contributed by atoms with van der Waals surface area (Å²) >= 11 is 0. The summed E-state index contributed by atoms with van der Waals surface area (Å²) in [5, 5.41) is 0. The lowest BCUT2D eigenvalue weighted by Gasteiger charge is -2.34. The summed E-state index contributed by atoms with van der Waals surface area (Å²) in [5.41, 5.74) is 7.85. The smallest absolute Gasteiger partial charge is 0.233 e. The molecule has 1 saturated heterocycles. The molecule has 0 aromatic heterocycles. The van der Waals surface area contributed by atoms with Crippen molar-refractivity contribution in [2.24, 2.45) is 11.1 Å². The van der Waals surface area contributed by atoms with Gasteiger partial charge in [-0.2, -0.15) is 0 Å². The van der Waals surface area contributed by atoms with E-state index in [9.17, 15) is 4.79 Å². The van der Waals surface area contributed by atoms with Crippen LogP contribution in [0.1, 0.15) is 50.2 Å². The summed E-state index contributed by atoms with van der Waals surface area (Å²) in [7, 11) is 1.70. The van der Waals surface area contributed by atoms with E-state index in [0.29, 0.717) is 12.5 Å². The predicted molar refractivity (Wildman–Crippen MR) is 96.2 cm³/mol. The van der Waals surface area contributed by atoms with Gasteiger partial charge in [-0.05, 0) is 55.3 Å². The molecular weight excluding hydrogens is 300 g/mol. The number of nitrogens with zero attached hydrogens (tertiary/aromatic N) is 1. The zero-order valence-electron chi connectivity index (χ0n) is 15.2. The van der Waals surface area contributed by atoms with Crippen LogP contribution in [0.5, 0.6) is 5.75 Å². The zero-order chi connectivity index (χ0) is 17.4. The van der Waals surface area contributed by atoms with Gasteiger partial charge in [0.2, 0.25) is 5.91 Å². The highest BCUT2D eigenvalue weighted by Crippen LogP contribution is 2.45. The van der Waals surface area contributed by atoms with E-state index in [-0.39, 0.29) is 10.8 Å². The van der Waals surface area contributed by atoms with E-state index in [1.807, 2.05) is 6.92 Å². The van der Waals surface area contributed by atoms with Crippen molar-refractivity contribution in [3.05, 3.63) is 29.3 Å². The fourth-order valence-corrected chi connectivity index (χ4v) is 4.39. The van der Waals surface area contributed by atoms with Gasteiger partial charge in [-0.3, -0.25) is 4.79 Å². The molecule has 2 fully saturated rings. The van der Waals surface area contributed by atoms with Gasteiger partial charge in [0.15, 0.2) is 0 Å². The Morgan fingerprint density at radius 1 is 1.29 bits per heavy atom. The average Bonchev–Trinajstić information content (AvgIpc) is 3.23. The van der Waals surface area contributed by atoms with Crippen molar-refractivity contribution in [1.29, 1.82) is 0 Å². The summed E-state index contributed by atoms with van der Waals surface area (Å²) < 4.78 is 5.50. The monoisotopic (exact) mass is 330 g/mol. The van der Waals surface area contributed by atoms with E-state index in [1.165, 1.54) is 0 Å². The zero-order valence-corrected chi connectivity index (χ0v) is 15.2. The van der Waals surface area contributed by atoms with Crippen LogP contribution in [-0.2, 0) is 10.2 Å². The normalized spacial score (nSPS) is 25.9. The van der Waals surface area contributed by atoms with Gasteiger partial charge in [0.05, 0.1) is 12.5 Å². The van der Waals surface area contributed by atoms with Crippen molar-refractivity contribution >= 4 is 5.91 Å². The van der Waals surface area contributed by atoms with Gasteiger partial charge in [0.1, 0.15) is 5.75 Å². The molecule has 24 heavy (non-hydrogen) atoms. The van der Waals surface area contributed by atoms with Gasteiger partial charge >= 0.3 is 0 Å². The predicted octanol–water partition coefficient (Wildman–Crippen LogP) is 3.01. The Bertz CT molecular complexity index is 622. The van der Waals surface area contributed by atoms with Crippen molar-refractivity contribution in [1.82, 2.24) is 4.90 Å². The van der Waals surface area contributed by atoms with E-state index >= 15 is 0 Å². The fourth-order valence-electron chi connectivity index (χ4n) is 4.39. The Morgan fingerprint density at radius 2 is 2.00 bits per heavy atom. The first-order chi connectivity index (χ1) is 11.4. The third-order valence-corrected chi connectivity index (χ3v) is 6.17. The molecule has 2 N–H and O–H groups in total. The second-order valence-electron chi connectivity index (χ2n) is 7.97. The van der Waals surface area contributed by atoms with Crippen LogP contribution in [0.15, 0.2) is 18.2 Å². The van der Waals surface area contributed by atoms with Gasteiger partial charge in [-0.25, -0.2) is 0 Å². The molecule has 1 amide bonds. The summed E-state index contributed by atoms with van der Waals surface area (Å²) in [6.45, 7) is 6.49. The molecule has 0 radical (unpaired) electrons. The highest BCUT2D eigenvalue weighted by atomic mass is 16.5. The highest BCUT2D eigenvalue weighted by molar-refractivity contribution is 5.89. The second kappa shape index (κ2) is 6.40. The Morgan fingerprint density at radius 3 is 2.58 bits per heavy atom. The molecule has 132 valence electrons. The lowest BCUT2D eigenvalue weighted by Crippen LogP contribution is -2.45. The van der Waals surface area contributed by atoms with Gasteiger partial charge in [-0.1, -0.05) is 31.9 Å². The van der Waals surface area contributed by atoms with Gasteiger partial charge in [-0.15, -0.1) is 0 Å². The molecule has 0 bridgehead atoms.